The van der Waals surface area contributed by atoms with Gasteiger partial charge in [0.05, 0.1) is 0 Å². The molecule has 0 N–H and O–H groups in total. The van der Waals surface area contributed by atoms with Gasteiger partial charge in [-0.05, 0) is 19.8 Å². The minimum Gasteiger partial charge on any atom is -0.367 e. The first-order valence-corrected chi connectivity index (χ1v) is 12.0. The monoisotopic (exact) mass is 431 g/mol. The van der Waals surface area contributed by atoms with E-state index in [9.17, 15) is 17.6 Å². The highest BCUT2D eigenvalue weighted by molar-refractivity contribution is 5.52. The van der Waals surface area contributed by atoms with Crippen LogP contribution in [0.3, 0.4) is 0 Å². The van der Waals surface area contributed by atoms with Crippen molar-refractivity contribution in [3.63, 3.8) is 0 Å². The zero-order valence-corrected chi connectivity index (χ0v) is 19.3. The Morgan fingerprint density at radius 3 is 1.33 bits per heavy atom. The third-order valence-electron chi connectivity index (χ3n) is 5.84. The molecule has 0 unspecified atom stereocenters. The second-order valence-electron chi connectivity index (χ2n) is 8.46. The number of anilines is 1. The maximum Gasteiger partial charge on any atom is 0.197 e. The summed E-state index contributed by atoms with van der Waals surface area (Å²) in [6, 6.07) is 0. The largest absolute Gasteiger partial charge is 0.367 e. The Morgan fingerprint density at radius 2 is 0.900 bits per heavy atom. The lowest BCUT2D eigenvalue weighted by Gasteiger charge is -2.27. The third-order valence-corrected chi connectivity index (χ3v) is 5.84. The smallest absolute Gasteiger partial charge is 0.197 e. The van der Waals surface area contributed by atoms with Gasteiger partial charge in [0.2, 0.25) is 0 Å². The Kier molecular flexibility index (Phi) is 13.9. The van der Waals surface area contributed by atoms with Gasteiger partial charge in [0, 0.05) is 18.7 Å². The van der Waals surface area contributed by atoms with Gasteiger partial charge >= 0.3 is 0 Å². The Morgan fingerprint density at radius 1 is 0.500 bits per heavy atom. The molecule has 0 radical (unpaired) electrons. The van der Waals surface area contributed by atoms with Crippen molar-refractivity contribution in [3.05, 3.63) is 28.8 Å². The molecule has 0 saturated heterocycles. The summed E-state index contributed by atoms with van der Waals surface area (Å²) < 4.78 is 56.9. The molecule has 0 fully saturated rings. The highest BCUT2D eigenvalue weighted by atomic mass is 19.2. The summed E-state index contributed by atoms with van der Waals surface area (Å²) in [5.74, 6) is -5.38. The van der Waals surface area contributed by atoms with Crippen LogP contribution in [0.5, 0.6) is 0 Å². The van der Waals surface area contributed by atoms with E-state index in [1.807, 2.05) is 0 Å². The van der Waals surface area contributed by atoms with Crippen LogP contribution in [0, 0.1) is 30.2 Å². The van der Waals surface area contributed by atoms with E-state index in [0.29, 0.717) is 13.1 Å². The molecule has 1 aromatic carbocycles. The molecule has 0 aliphatic carbocycles. The molecule has 5 heteroatoms. The standard InChI is InChI=1S/C25H41F4N/c1-4-6-8-10-12-14-16-18-30(19-17-15-13-11-9-7-5-2)25-22(27)20(3)21(26)23(28)24(25)29/h4-19H2,1-3H3. The summed E-state index contributed by atoms with van der Waals surface area (Å²) in [5, 5.41) is 0. The number of unbranched alkanes of at least 4 members (excludes halogenated alkanes) is 12. The van der Waals surface area contributed by atoms with Gasteiger partial charge in [0.15, 0.2) is 23.3 Å². The number of hydrogen-bond donors (Lipinski definition) is 0. The zero-order chi connectivity index (χ0) is 22.4. The maximum absolute atomic E-state index is 14.7. The Labute approximate surface area is 181 Å². The van der Waals surface area contributed by atoms with Crippen LogP contribution >= 0.6 is 0 Å². The second kappa shape index (κ2) is 15.5. The first kappa shape index (κ1) is 26.8. The predicted molar refractivity (Wildman–Crippen MR) is 119 cm³/mol. The third kappa shape index (κ3) is 8.85. The lowest BCUT2D eigenvalue weighted by molar-refractivity contribution is 0.426. The average Bonchev–Trinajstić information content (AvgIpc) is 2.74. The molecule has 0 atom stereocenters. The average molecular weight is 432 g/mol. The van der Waals surface area contributed by atoms with Gasteiger partial charge in [-0.25, -0.2) is 17.6 Å². The van der Waals surface area contributed by atoms with E-state index in [-0.39, 0.29) is 0 Å². The van der Waals surface area contributed by atoms with Gasteiger partial charge in [-0.15, -0.1) is 0 Å². The van der Waals surface area contributed by atoms with Crippen LogP contribution in [0.15, 0.2) is 0 Å². The van der Waals surface area contributed by atoms with E-state index in [2.05, 4.69) is 13.8 Å². The minimum atomic E-state index is -1.58. The molecule has 0 bridgehead atoms. The summed E-state index contributed by atoms with van der Waals surface area (Å²) in [4.78, 5) is 1.60. The SMILES string of the molecule is CCCCCCCCCN(CCCCCCCCC)c1c(F)c(C)c(F)c(F)c1F. The van der Waals surface area contributed by atoms with Gasteiger partial charge < -0.3 is 4.90 Å². The van der Waals surface area contributed by atoms with E-state index in [4.69, 9.17) is 0 Å². The fourth-order valence-corrected chi connectivity index (χ4v) is 3.87. The van der Waals surface area contributed by atoms with Crippen molar-refractivity contribution in [3.8, 4) is 0 Å². The van der Waals surface area contributed by atoms with Crippen molar-refractivity contribution >= 4 is 5.69 Å². The van der Waals surface area contributed by atoms with E-state index < -0.39 is 34.5 Å². The van der Waals surface area contributed by atoms with Crippen molar-refractivity contribution in [2.45, 2.75) is 111 Å². The van der Waals surface area contributed by atoms with Gasteiger partial charge in [-0.2, -0.15) is 0 Å². The normalized spacial score (nSPS) is 11.3. The zero-order valence-electron chi connectivity index (χ0n) is 19.3. The predicted octanol–water partition coefficient (Wildman–Crippen LogP) is 8.86. The number of rotatable bonds is 17. The van der Waals surface area contributed by atoms with Crippen molar-refractivity contribution in [2.24, 2.45) is 0 Å². The van der Waals surface area contributed by atoms with Gasteiger partial charge in [0.25, 0.3) is 0 Å². The summed E-state index contributed by atoms with van der Waals surface area (Å²) >= 11 is 0. The van der Waals surface area contributed by atoms with Gasteiger partial charge in [-0.1, -0.05) is 90.9 Å². The maximum atomic E-state index is 14.7. The van der Waals surface area contributed by atoms with Crippen molar-refractivity contribution in [1.29, 1.82) is 0 Å². The molecular formula is C25H41F4N. The van der Waals surface area contributed by atoms with Crippen LogP contribution in [-0.4, -0.2) is 13.1 Å². The van der Waals surface area contributed by atoms with Crippen molar-refractivity contribution < 1.29 is 17.6 Å². The van der Waals surface area contributed by atoms with E-state index >= 15 is 0 Å². The number of halogens is 4. The van der Waals surface area contributed by atoms with Crippen molar-refractivity contribution in [1.82, 2.24) is 0 Å². The van der Waals surface area contributed by atoms with Gasteiger partial charge in [0.1, 0.15) is 5.69 Å². The Balaban J connectivity index is 2.71. The molecule has 30 heavy (non-hydrogen) atoms. The van der Waals surface area contributed by atoms with Crippen LogP contribution in [0.1, 0.15) is 109 Å². The van der Waals surface area contributed by atoms with Gasteiger partial charge in [-0.3, -0.25) is 0 Å². The fraction of sp³-hybridized carbons (Fsp3) is 0.760. The molecular weight excluding hydrogens is 390 g/mol. The molecule has 0 spiro atoms. The molecule has 1 nitrogen and oxygen atoms in total. The molecule has 1 aromatic rings. The first-order valence-electron chi connectivity index (χ1n) is 12.0. The quantitative estimate of drug-likeness (QED) is 0.103. The molecule has 0 aromatic heterocycles. The first-order chi connectivity index (χ1) is 14.5. The highest BCUT2D eigenvalue weighted by Gasteiger charge is 2.26. The van der Waals surface area contributed by atoms with Crippen molar-refractivity contribution in [2.75, 3.05) is 18.0 Å². The summed E-state index contributed by atoms with van der Waals surface area (Å²) in [7, 11) is 0. The van der Waals surface area contributed by atoms with Crippen LogP contribution in [0.4, 0.5) is 23.2 Å². The Bertz CT molecular complexity index is 556. The van der Waals surface area contributed by atoms with E-state index in [0.717, 1.165) is 45.4 Å². The summed E-state index contributed by atoms with van der Waals surface area (Å²) in [6.07, 6.45) is 15.3. The number of benzene rings is 1. The lowest BCUT2D eigenvalue weighted by Crippen LogP contribution is -2.29. The van der Waals surface area contributed by atoms with E-state index in [1.165, 1.54) is 51.4 Å². The molecule has 0 saturated carbocycles. The summed E-state index contributed by atoms with van der Waals surface area (Å²) in [6.45, 7) is 6.43. The van der Waals surface area contributed by atoms with E-state index in [1.54, 1.807) is 4.90 Å². The topological polar surface area (TPSA) is 3.24 Å². The molecule has 0 aliphatic rings. The number of nitrogens with zero attached hydrogens (tertiary/aromatic N) is 1. The Hall–Kier alpha value is -1.26. The van der Waals surface area contributed by atoms with Crippen LogP contribution in [-0.2, 0) is 0 Å². The van der Waals surface area contributed by atoms with Crippen LogP contribution in [0.2, 0.25) is 0 Å². The molecule has 1 rings (SSSR count). The van der Waals surface area contributed by atoms with Crippen LogP contribution in [0.25, 0.3) is 0 Å². The lowest BCUT2D eigenvalue weighted by atomic mass is 10.1. The molecule has 0 amide bonds. The van der Waals surface area contributed by atoms with Crippen LogP contribution < -0.4 is 4.90 Å². The number of hydrogen-bond acceptors (Lipinski definition) is 1. The molecule has 0 heterocycles. The highest BCUT2D eigenvalue weighted by Crippen LogP contribution is 2.31. The minimum absolute atomic E-state index is 0.400. The molecule has 174 valence electrons. The fourth-order valence-electron chi connectivity index (χ4n) is 3.87. The molecule has 0 aliphatic heterocycles. The summed E-state index contributed by atoms with van der Waals surface area (Å²) in [5.41, 5.74) is -0.851. The second-order valence-corrected chi connectivity index (χ2v) is 8.46.